The van der Waals surface area contributed by atoms with E-state index < -0.39 is 5.60 Å². The Kier molecular flexibility index (Phi) is 3.30. The number of ether oxygens (including phenoxy) is 1. The lowest BCUT2D eigenvalue weighted by Crippen LogP contribution is -2.61. The van der Waals surface area contributed by atoms with Crippen molar-refractivity contribution in [3.63, 3.8) is 0 Å². The van der Waals surface area contributed by atoms with Gasteiger partial charge in [0, 0.05) is 5.56 Å². The van der Waals surface area contributed by atoms with E-state index in [2.05, 4.69) is 0 Å². The highest BCUT2D eigenvalue weighted by molar-refractivity contribution is 5.95. The molecule has 0 aromatic heterocycles. The molecule has 0 bridgehead atoms. The number of hydrogen-bond donors (Lipinski definition) is 1. The Hall–Kier alpha value is -1.55. The summed E-state index contributed by atoms with van der Waals surface area (Å²) >= 11 is 0. The van der Waals surface area contributed by atoms with Crippen molar-refractivity contribution in [3.8, 4) is 5.75 Å². The molecule has 1 aromatic rings. The highest BCUT2D eigenvalue weighted by atomic mass is 16.5. The molecule has 1 aromatic carbocycles. The Morgan fingerprint density at radius 3 is 2.33 bits per heavy atom. The van der Waals surface area contributed by atoms with Gasteiger partial charge in [-0.2, -0.15) is 0 Å². The number of carbonyl (C=O) groups excluding carboxylic acids is 1. The van der Waals surface area contributed by atoms with E-state index >= 15 is 0 Å². The van der Waals surface area contributed by atoms with Crippen LogP contribution in [0.5, 0.6) is 5.75 Å². The van der Waals surface area contributed by atoms with E-state index in [9.17, 15) is 9.90 Å². The summed E-state index contributed by atoms with van der Waals surface area (Å²) in [7, 11) is 0. The fourth-order valence-corrected chi connectivity index (χ4v) is 2.05. The molecule has 1 aliphatic rings. The van der Waals surface area contributed by atoms with Crippen LogP contribution in [0.1, 0.15) is 31.1 Å². The third-order valence-electron chi connectivity index (χ3n) is 2.82. The molecular weight excluding hydrogens is 230 g/mol. The van der Waals surface area contributed by atoms with Crippen LogP contribution < -0.4 is 4.74 Å². The molecule has 98 valence electrons. The zero-order valence-electron chi connectivity index (χ0n) is 11.0. The van der Waals surface area contributed by atoms with E-state index in [4.69, 9.17) is 4.74 Å². The van der Waals surface area contributed by atoms with Crippen molar-refractivity contribution in [3.05, 3.63) is 29.8 Å². The van der Waals surface area contributed by atoms with Gasteiger partial charge >= 0.3 is 0 Å². The molecule has 0 saturated carbocycles. The van der Waals surface area contributed by atoms with Crippen LogP contribution >= 0.6 is 0 Å². The molecule has 2 rings (SSSR count). The van der Waals surface area contributed by atoms with Crippen molar-refractivity contribution in [2.75, 3.05) is 13.1 Å². The molecule has 0 atom stereocenters. The number of likely N-dealkylation sites (tertiary alicyclic amines) is 1. The first-order chi connectivity index (χ1) is 8.37. The maximum atomic E-state index is 12.0. The van der Waals surface area contributed by atoms with Crippen LogP contribution in [0.4, 0.5) is 0 Å². The molecular formula is C14H19NO3. The molecule has 18 heavy (non-hydrogen) atoms. The minimum Gasteiger partial charge on any atom is -0.491 e. The lowest BCUT2D eigenvalue weighted by atomic mass is 9.96. The lowest BCUT2D eigenvalue weighted by Gasteiger charge is -2.44. The smallest absolute Gasteiger partial charge is 0.254 e. The van der Waals surface area contributed by atoms with Gasteiger partial charge < -0.3 is 14.7 Å². The quantitative estimate of drug-likeness (QED) is 0.886. The molecule has 0 radical (unpaired) electrons. The minimum atomic E-state index is -0.726. The lowest BCUT2D eigenvalue weighted by molar-refractivity contribution is -0.0668. The molecule has 1 N–H and O–H groups in total. The predicted octanol–water partition coefficient (Wildman–Crippen LogP) is 1.68. The second-order valence-corrected chi connectivity index (χ2v) is 5.35. The maximum Gasteiger partial charge on any atom is 0.254 e. The number of rotatable bonds is 3. The normalized spacial score (nSPS) is 17.5. The van der Waals surface area contributed by atoms with E-state index in [-0.39, 0.29) is 12.0 Å². The number of nitrogens with zero attached hydrogens (tertiary/aromatic N) is 1. The van der Waals surface area contributed by atoms with Gasteiger partial charge in [-0.1, -0.05) is 0 Å². The standard InChI is InChI=1S/C14H19NO3/c1-10(2)18-12-6-4-11(5-7-12)13(16)15-8-14(3,17)9-15/h4-7,10,17H,8-9H2,1-3H3. The topological polar surface area (TPSA) is 49.8 Å². The fourth-order valence-electron chi connectivity index (χ4n) is 2.05. The van der Waals surface area contributed by atoms with Gasteiger partial charge in [0.15, 0.2) is 0 Å². The van der Waals surface area contributed by atoms with Gasteiger partial charge in [0.25, 0.3) is 5.91 Å². The van der Waals surface area contributed by atoms with Crippen LogP contribution in [0.25, 0.3) is 0 Å². The summed E-state index contributed by atoms with van der Waals surface area (Å²) in [6.45, 7) is 6.45. The second-order valence-electron chi connectivity index (χ2n) is 5.35. The molecule has 0 spiro atoms. The number of amides is 1. The first-order valence-corrected chi connectivity index (χ1v) is 6.16. The highest BCUT2D eigenvalue weighted by Crippen LogP contribution is 2.23. The summed E-state index contributed by atoms with van der Waals surface area (Å²) in [5.41, 5.74) is -0.0994. The molecule has 0 unspecified atom stereocenters. The van der Waals surface area contributed by atoms with Gasteiger partial charge in [0.2, 0.25) is 0 Å². The summed E-state index contributed by atoms with van der Waals surface area (Å²) in [6, 6.07) is 7.11. The summed E-state index contributed by atoms with van der Waals surface area (Å²) in [6.07, 6.45) is 0.122. The van der Waals surface area contributed by atoms with Gasteiger partial charge in [-0.15, -0.1) is 0 Å². The van der Waals surface area contributed by atoms with Crippen LogP contribution in [0.2, 0.25) is 0 Å². The van der Waals surface area contributed by atoms with Crippen LogP contribution in [-0.4, -0.2) is 40.7 Å². The van der Waals surface area contributed by atoms with Crippen LogP contribution in [0, 0.1) is 0 Å². The number of carbonyl (C=O) groups is 1. The number of hydrogen-bond acceptors (Lipinski definition) is 3. The molecule has 4 nitrogen and oxygen atoms in total. The van der Waals surface area contributed by atoms with Crippen molar-refractivity contribution in [2.45, 2.75) is 32.5 Å². The van der Waals surface area contributed by atoms with Gasteiger partial charge in [0.1, 0.15) is 5.75 Å². The maximum absolute atomic E-state index is 12.0. The third kappa shape index (κ3) is 2.82. The predicted molar refractivity (Wildman–Crippen MR) is 68.7 cm³/mol. The van der Waals surface area contributed by atoms with Gasteiger partial charge in [-0.05, 0) is 45.0 Å². The van der Waals surface area contributed by atoms with Crippen molar-refractivity contribution in [1.29, 1.82) is 0 Å². The van der Waals surface area contributed by atoms with Crippen LogP contribution in [-0.2, 0) is 0 Å². The fraction of sp³-hybridized carbons (Fsp3) is 0.500. The highest BCUT2D eigenvalue weighted by Gasteiger charge is 2.39. The minimum absolute atomic E-state index is 0.0439. The summed E-state index contributed by atoms with van der Waals surface area (Å²) in [5, 5.41) is 9.61. The molecule has 1 saturated heterocycles. The van der Waals surface area contributed by atoms with Crippen molar-refractivity contribution < 1.29 is 14.6 Å². The zero-order valence-corrected chi connectivity index (χ0v) is 11.0. The number of β-amino-alcohol motifs (C(OH)–C–C–N with tert-alkyl or cyclic N) is 1. The van der Waals surface area contributed by atoms with Gasteiger partial charge in [-0.3, -0.25) is 4.79 Å². The number of benzene rings is 1. The average Bonchev–Trinajstić information content (AvgIpc) is 2.25. The Morgan fingerprint density at radius 1 is 1.33 bits per heavy atom. The third-order valence-corrected chi connectivity index (χ3v) is 2.82. The first-order valence-electron chi connectivity index (χ1n) is 6.16. The van der Waals surface area contributed by atoms with E-state index in [1.165, 1.54) is 0 Å². The Balaban J connectivity index is 1.99. The van der Waals surface area contributed by atoms with Gasteiger partial charge in [-0.25, -0.2) is 0 Å². The molecule has 1 aliphatic heterocycles. The van der Waals surface area contributed by atoms with Crippen LogP contribution in [0.3, 0.4) is 0 Å². The van der Waals surface area contributed by atoms with E-state index in [0.29, 0.717) is 18.7 Å². The Morgan fingerprint density at radius 2 is 1.89 bits per heavy atom. The second kappa shape index (κ2) is 4.61. The van der Waals surface area contributed by atoms with E-state index in [0.717, 1.165) is 5.75 Å². The summed E-state index contributed by atoms with van der Waals surface area (Å²) < 4.78 is 5.52. The molecule has 1 fully saturated rings. The average molecular weight is 249 g/mol. The largest absolute Gasteiger partial charge is 0.491 e. The van der Waals surface area contributed by atoms with Crippen molar-refractivity contribution in [1.82, 2.24) is 4.90 Å². The molecule has 1 heterocycles. The van der Waals surface area contributed by atoms with E-state index in [1.807, 2.05) is 13.8 Å². The van der Waals surface area contributed by atoms with E-state index in [1.54, 1.807) is 36.1 Å². The monoisotopic (exact) mass is 249 g/mol. The van der Waals surface area contributed by atoms with Crippen molar-refractivity contribution in [2.24, 2.45) is 0 Å². The summed E-state index contributed by atoms with van der Waals surface area (Å²) in [4.78, 5) is 13.7. The first kappa shape index (κ1) is 12.9. The molecule has 1 amide bonds. The van der Waals surface area contributed by atoms with Crippen LogP contribution in [0.15, 0.2) is 24.3 Å². The SMILES string of the molecule is CC(C)Oc1ccc(C(=O)N2CC(C)(O)C2)cc1. The van der Waals surface area contributed by atoms with Crippen molar-refractivity contribution >= 4 is 5.91 Å². The molecule has 0 aliphatic carbocycles. The zero-order chi connectivity index (χ0) is 13.3. The molecule has 4 heteroatoms. The van der Waals surface area contributed by atoms with Gasteiger partial charge in [0.05, 0.1) is 24.8 Å². The summed E-state index contributed by atoms with van der Waals surface area (Å²) in [5.74, 6) is 0.717. The Bertz CT molecular complexity index is 429. The Labute approximate surface area is 107 Å². The number of aliphatic hydroxyl groups is 1.